The topological polar surface area (TPSA) is 38.3 Å². The Morgan fingerprint density at radius 2 is 1.63 bits per heavy atom. The first kappa shape index (κ1) is 20.9. The van der Waals surface area contributed by atoms with Gasteiger partial charge in [0.05, 0.1) is 13.2 Å². The molecule has 0 aromatic carbocycles. The van der Waals surface area contributed by atoms with E-state index in [9.17, 15) is 4.79 Å². The van der Waals surface area contributed by atoms with Crippen molar-refractivity contribution >= 4 is 5.78 Å². The van der Waals surface area contributed by atoms with E-state index >= 15 is 0 Å². The van der Waals surface area contributed by atoms with Gasteiger partial charge in [0.15, 0.2) is 0 Å². The molecule has 0 aliphatic heterocycles. The van der Waals surface area contributed by atoms with E-state index in [1.54, 1.807) is 0 Å². The minimum absolute atomic E-state index is 0.110. The maximum atomic E-state index is 11.9. The minimum atomic E-state index is -0.355. The lowest BCUT2D eigenvalue weighted by atomic mass is 9.86. The van der Waals surface area contributed by atoms with Crippen LogP contribution in [0.25, 0.3) is 0 Å². The van der Waals surface area contributed by atoms with Gasteiger partial charge in [0.25, 0.3) is 0 Å². The van der Waals surface area contributed by atoms with Crippen molar-refractivity contribution in [1.29, 1.82) is 0 Å². The number of Topliss-reactive ketones (excluding diaryl/α,β-unsaturated/α-hetero) is 1. The van der Waals surface area contributed by atoms with Crippen molar-refractivity contribution < 1.29 is 9.53 Å². The molecule has 19 heavy (non-hydrogen) atoms. The van der Waals surface area contributed by atoms with Crippen molar-refractivity contribution in [3.8, 4) is 0 Å². The molecule has 3 nitrogen and oxygen atoms in total. The SMILES string of the molecule is CC.CCCC(=O)C(C)(C)COCC(C)(C)CNC. The van der Waals surface area contributed by atoms with E-state index in [1.807, 2.05) is 41.7 Å². The predicted octanol–water partition coefficient (Wildman–Crippen LogP) is 3.67. The molecule has 0 aromatic heterocycles. The van der Waals surface area contributed by atoms with E-state index in [2.05, 4.69) is 19.2 Å². The average Bonchev–Trinajstić information content (AvgIpc) is 2.31. The van der Waals surface area contributed by atoms with E-state index in [0.717, 1.165) is 13.0 Å². The van der Waals surface area contributed by atoms with E-state index in [4.69, 9.17) is 4.74 Å². The molecule has 116 valence electrons. The third-order valence-corrected chi connectivity index (χ3v) is 2.84. The van der Waals surface area contributed by atoms with Crippen LogP contribution in [0.3, 0.4) is 0 Å². The second-order valence-corrected chi connectivity index (χ2v) is 6.24. The van der Waals surface area contributed by atoms with Crippen molar-refractivity contribution in [1.82, 2.24) is 5.32 Å². The van der Waals surface area contributed by atoms with Crippen molar-refractivity contribution in [3.63, 3.8) is 0 Å². The number of nitrogens with one attached hydrogen (secondary N) is 1. The highest BCUT2D eigenvalue weighted by Gasteiger charge is 2.28. The summed E-state index contributed by atoms with van der Waals surface area (Å²) in [6.07, 6.45) is 1.56. The Kier molecular flexibility index (Phi) is 11.4. The summed E-state index contributed by atoms with van der Waals surface area (Å²) in [7, 11) is 1.94. The summed E-state index contributed by atoms with van der Waals surface area (Å²) in [6.45, 7) is 16.4. The summed E-state index contributed by atoms with van der Waals surface area (Å²) in [6, 6.07) is 0. The molecular formula is C16H35NO2. The van der Waals surface area contributed by atoms with E-state index in [0.29, 0.717) is 25.4 Å². The Bertz CT molecular complexity index is 235. The van der Waals surface area contributed by atoms with Gasteiger partial charge in [0, 0.05) is 23.8 Å². The van der Waals surface area contributed by atoms with Crippen LogP contribution in [0.4, 0.5) is 0 Å². The fourth-order valence-corrected chi connectivity index (χ4v) is 1.76. The van der Waals surface area contributed by atoms with Crippen LogP contribution >= 0.6 is 0 Å². The molecule has 0 atom stereocenters. The fraction of sp³-hybridized carbons (Fsp3) is 0.938. The third kappa shape index (κ3) is 10.1. The number of hydrogen-bond donors (Lipinski definition) is 1. The maximum absolute atomic E-state index is 11.9. The molecule has 0 aliphatic carbocycles. The van der Waals surface area contributed by atoms with Gasteiger partial charge in [0.1, 0.15) is 5.78 Å². The highest BCUT2D eigenvalue weighted by atomic mass is 16.5. The quantitative estimate of drug-likeness (QED) is 0.696. The van der Waals surface area contributed by atoms with Gasteiger partial charge in [-0.2, -0.15) is 0 Å². The molecular weight excluding hydrogens is 238 g/mol. The molecule has 0 bridgehead atoms. The highest BCUT2D eigenvalue weighted by molar-refractivity contribution is 5.84. The Morgan fingerprint density at radius 3 is 2.05 bits per heavy atom. The van der Waals surface area contributed by atoms with E-state index in [-0.39, 0.29) is 10.8 Å². The molecule has 0 aliphatic rings. The average molecular weight is 273 g/mol. The van der Waals surface area contributed by atoms with Crippen molar-refractivity contribution in [2.75, 3.05) is 26.8 Å². The molecule has 0 amide bonds. The number of carbonyl (C=O) groups excluding carboxylic acids is 1. The fourth-order valence-electron chi connectivity index (χ4n) is 1.76. The van der Waals surface area contributed by atoms with Crippen LogP contribution in [0.2, 0.25) is 0 Å². The van der Waals surface area contributed by atoms with E-state index < -0.39 is 0 Å². The minimum Gasteiger partial charge on any atom is -0.380 e. The molecule has 1 N–H and O–H groups in total. The van der Waals surface area contributed by atoms with Crippen LogP contribution in [-0.4, -0.2) is 32.6 Å². The molecule has 3 heteroatoms. The van der Waals surface area contributed by atoms with Crippen LogP contribution in [-0.2, 0) is 9.53 Å². The summed E-state index contributed by atoms with van der Waals surface area (Å²) in [5.41, 5.74) is -0.246. The zero-order chi connectivity index (χ0) is 15.5. The van der Waals surface area contributed by atoms with Crippen LogP contribution < -0.4 is 5.32 Å². The second-order valence-electron chi connectivity index (χ2n) is 6.24. The highest BCUT2D eigenvalue weighted by Crippen LogP contribution is 2.22. The van der Waals surface area contributed by atoms with Gasteiger partial charge in [-0.3, -0.25) is 4.79 Å². The molecule has 0 spiro atoms. The largest absolute Gasteiger partial charge is 0.380 e. The molecule has 0 saturated heterocycles. The van der Waals surface area contributed by atoms with Gasteiger partial charge < -0.3 is 10.1 Å². The standard InChI is InChI=1S/C14H29NO2.C2H6/c1-7-8-12(16)14(4,5)11-17-10-13(2,3)9-15-6;1-2/h15H,7-11H2,1-6H3;1-2H3. The molecule has 0 aromatic rings. The maximum Gasteiger partial charge on any atom is 0.140 e. The first-order chi connectivity index (χ1) is 8.75. The number of ether oxygens (including phenoxy) is 1. The smallest absolute Gasteiger partial charge is 0.140 e. The van der Waals surface area contributed by atoms with Gasteiger partial charge in [-0.25, -0.2) is 0 Å². The number of ketones is 1. The monoisotopic (exact) mass is 273 g/mol. The van der Waals surface area contributed by atoms with Gasteiger partial charge >= 0.3 is 0 Å². The Labute approximate surface area is 120 Å². The van der Waals surface area contributed by atoms with Gasteiger partial charge in [-0.05, 0) is 13.5 Å². The van der Waals surface area contributed by atoms with Crippen LogP contribution in [0.15, 0.2) is 0 Å². The number of rotatable bonds is 9. The van der Waals surface area contributed by atoms with Crippen molar-refractivity contribution in [3.05, 3.63) is 0 Å². The number of hydrogen-bond acceptors (Lipinski definition) is 3. The molecule has 0 fully saturated rings. The van der Waals surface area contributed by atoms with Crippen molar-refractivity contribution in [2.24, 2.45) is 10.8 Å². The van der Waals surface area contributed by atoms with Gasteiger partial charge in [-0.15, -0.1) is 0 Å². The van der Waals surface area contributed by atoms with E-state index in [1.165, 1.54) is 0 Å². The molecule has 0 radical (unpaired) electrons. The lowest BCUT2D eigenvalue weighted by Gasteiger charge is -2.28. The first-order valence-electron chi connectivity index (χ1n) is 7.51. The van der Waals surface area contributed by atoms with Crippen LogP contribution in [0.5, 0.6) is 0 Å². The molecule has 0 rings (SSSR count). The summed E-state index contributed by atoms with van der Waals surface area (Å²) in [5, 5.41) is 3.15. The Morgan fingerprint density at radius 1 is 1.11 bits per heavy atom. The molecule has 0 saturated carbocycles. The molecule has 0 unspecified atom stereocenters. The zero-order valence-corrected chi connectivity index (χ0v) is 14.4. The van der Waals surface area contributed by atoms with Gasteiger partial charge in [-0.1, -0.05) is 48.5 Å². The summed E-state index contributed by atoms with van der Waals surface area (Å²) < 4.78 is 5.72. The lowest BCUT2D eigenvalue weighted by molar-refractivity contribution is -0.131. The predicted molar refractivity (Wildman–Crippen MR) is 83.6 cm³/mol. The summed E-state index contributed by atoms with van der Waals surface area (Å²) in [4.78, 5) is 11.9. The number of carbonyl (C=O) groups is 1. The zero-order valence-electron chi connectivity index (χ0n) is 14.4. The van der Waals surface area contributed by atoms with Crippen molar-refractivity contribution in [2.45, 2.75) is 61.3 Å². The lowest BCUT2D eigenvalue weighted by Crippen LogP contribution is -2.35. The van der Waals surface area contributed by atoms with Gasteiger partial charge in [0.2, 0.25) is 0 Å². The van der Waals surface area contributed by atoms with Crippen LogP contribution in [0, 0.1) is 10.8 Å². The normalized spacial score (nSPS) is 11.8. The second kappa shape index (κ2) is 10.4. The van der Waals surface area contributed by atoms with Crippen LogP contribution in [0.1, 0.15) is 61.3 Å². The summed E-state index contributed by atoms with van der Waals surface area (Å²) in [5.74, 6) is 0.298. The Hall–Kier alpha value is -0.410. The first-order valence-corrected chi connectivity index (χ1v) is 7.51. The molecule has 0 heterocycles. The summed E-state index contributed by atoms with van der Waals surface area (Å²) >= 11 is 0. The Balaban J connectivity index is 0. The third-order valence-electron chi connectivity index (χ3n) is 2.84.